The highest BCUT2D eigenvalue weighted by Crippen LogP contribution is 2.40. The van der Waals surface area contributed by atoms with Crippen molar-refractivity contribution >= 4 is 11.8 Å². The zero-order valence-corrected chi connectivity index (χ0v) is 11.5. The third kappa shape index (κ3) is 4.82. The van der Waals surface area contributed by atoms with Crippen molar-refractivity contribution in [2.45, 2.75) is 63.0 Å². The lowest BCUT2D eigenvalue weighted by Crippen LogP contribution is -2.26. The van der Waals surface area contributed by atoms with Crippen LogP contribution in [0.25, 0.3) is 0 Å². The number of hydrogen-bond donors (Lipinski definition) is 0. The molecule has 1 unspecified atom stereocenters. The van der Waals surface area contributed by atoms with Gasteiger partial charge in [0.25, 0.3) is 0 Å². The van der Waals surface area contributed by atoms with E-state index in [1.54, 1.807) is 6.26 Å². The van der Waals surface area contributed by atoms with E-state index in [4.69, 9.17) is 4.74 Å². The quantitative estimate of drug-likeness (QED) is 0.490. The molecule has 0 aromatic heterocycles. The van der Waals surface area contributed by atoms with Crippen molar-refractivity contribution in [1.29, 1.82) is 0 Å². The molecule has 0 amide bonds. The Hall–Kier alpha value is -0.110. The maximum Gasteiger partial charge on any atom is 0.0873 e. The lowest BCUT2D eigenvalue weighted by molar-refractivity contribution is 0.235. The van der Waals surface area contributed by atoms with Crippen molar-refractivity contribution in [2.75, 3.05) is 12.4 Å². The van der Waals surface area contributed by atoms with E-state index in [0.717, 1.165) is 6.61 Å². The molecule has 0 aromatic rings. The minimum Gasteiger partial charge on any atom is -0.502 e. The van der Waals surface area contributed by atoms with Crippen molar-refractivity contribution in [3.05, 3.63) is 12.8 Å². The molecule has 1 rings (SSSR count). The SMILES string of the molecule is C=COCCCC1(CC)CCCCCCS1. The standard InChI is InChI=1S/C14H26OS/c1-3-14(11-9-12-15-4-2)10-7-5-6-8-13-16-14/h4H,2-3,5-13H2,1H3. The molecule has 0 N–H and O–H groups in total. The van der Waals surface area contributed by atoms with Gasteiger partial charge in [0.1, 0.15) is 0 Å². The molecule has 1 saturated heterocycles. The number of thioether (sulfide) groups is 1. The second kappa shape index (κ2) is 8.05. The Bertz CT molecular complexity index is 183. The van der Waals surface area contributed by atoms with Crippen LogP contribution in [0.2, 0.25) is 0 Å². The normalized spacial score (nSPS) is 26.8. The van der Waals surface area contributed by atoms with Crippen molar-refractivity contribution in [3.8, 4) is 0 Å². The summed E-state index contributed by atoms with van der Waals surface area (Å²) in [5, 5.41) is 0. The van der Waals surface area contributed by atoms with Gasteiger partial charge in [-0.25, -0.2) is 0 Å². The van der Waals surface area contributed by atoms with Crippen LogP contribution >= 0.6 is 11.8 Å². The molecule has 1 atom stereocenters. The Morgan fingerprint density at radius 2 is 2.12 bits per heavy atom. The highest BCUT2D eigenvalue weighted by Gasteiger charge is 2.28. The van der Waals surface area contributed by atoms with Crippen LogP contribution in [0.5, 0.6) is 0 Å². The Labute approximate surface area is 105 Å². The maximum atomic E-state index is 5.22. The van der Waals surface area contributed by atoms with Gasteiger partial charge >= 0.3 is 0 Å². The Morgan fingerprint density at radius 3 is 2.88 bits per heavy atom. The Morgan fingerprint density at radius 1 is 1.31 bits per heavy atom. The summed E-state index contributed by atoms with van der Waals surface area (Å²) in [5.41, 5.74) is 0. The summed E-state index contributed by atoms with van der Waals surface area (Å²) in [5.74, 6) is 1.36. The van der Waals surface area contributed by atoms with Crippen LogP contribution in [-0.4, -0.2) is 17.1 Å². The van der Waals surface area contributed by atoms with E-state index in [2.05, 4.69) is 25.3 Å². The fourth-order valence-electron chi connectivity index (χ4n) is 2.48. The lowest BCUT2D eigenvalue weighted by Gasteiger charge is -2.34. The molecule has 0 saturated carbocycles. The van der Waals surface area contributed by atoms with E-state index in [-0.39, 0.29) is 0 Å². The monoisotopic (exact) mass is 242 g/mol. The molecular formula is C14H26OS. The number of ether oxygens (including phenoxy) is 1. The van der Waals surface area contributed by atoms with Gasteiger partial charge in [-0.3, -0.25) is 0 Å². The average Bonchev–Trinajstić information content (AvgIpc) is 2.27. The summed E-state index contributed by atoms with van der Waals surface area (Å²) >= 11 is 2.22. The van der Waals surface area contributed by atoms with E-state index in [1.807, 2.05) is 0 Å². The summed E-state index contributed by atoms with van der Waals surface area (Å²) in [4.78, 5) is 0. The number of hydrogen-bond acceptors (Lipinski definition) is 2. The molecule has 0 radical (unpaired) electrons. The first-order valence-electron chi connectivity index (χ1n) is 6.69. The van der Waals surface area contributed by atoms with Gasteiger partial charge in [-0.15, -0.1) is 0 Å². The second-order valence-corrected chi connectivity index (χ2v) is 6.25. The van der Waals surface area contributed by atoms with Gasteiger partial charge in [0.2, 0.25) is 0 Å². The zero-order valence-electron chi connectivity index (χ0n) is 10.7. The molecule has 1 fully saturated rings. The molecule has 0 bridgehead atoms. The first-order chi connectivity index (χ1) is 7.83. The fourth-order valence-corrected chi connectivity index (χ4v) is 4.04. The van der Waals surface area contributed by atoms with Crippen molar-refractivity contribution in [3.63, 3.8) is 0 Å². The minimum absolute atomic E-state index is 0.547. The molecule has 1 heterocycles. The van der Waals surface area contributed by atoms with Gasteiger partial charge in [-0.1, -0.05) is 32.8 Å². The van der Waals surface area contributed by atoms with Crippen LogP contribution in [0, 0.1) is 0 Å². The lowest BCUT2D eigenvalue weighted by atomic mass is 9.92. The van der Waals surface area contributed by atoms with E-state index < -0.39 is 0 Å². The maximum absolute atomic E-state index is 5.22. The highest BCUT2D eigenvalue weighted by atomic mass is 32.2. The largest absolute Gasteiger partial charge is 0.502 e. The van der Waals surface area contributed by atoms with Crippen LogP contribution in [0.15, 0.2) is 12.8 Å². The molecule has 1 nitrogen and oxygen atoms in total. The van der Waals surface area contributed by atoms with Gasteiger partial charge < -0.3 is 4.74 Å². The van der Waals surface area contributed by atoms with Gasteiger partial charge in [0.05, 0.1) is 12.9 Å². The van der Waals surface area contributed by atoms with Gasteiger partial charge in [-0.2, -0.15) is 11.8 Å². The van der Waals surface area contributed by atoms with Crippen LogP contribution in [0.4, 0.5) is 0 Å². The third-order valence-electron chi connectivity index (χ3n) is 3.59. The van der Waals surface area contributed by atoms with Crippen LogP contribution in [0.1, 0.15) is 58.3 Å². The average molecular weight is 242 g/mol. The molecule has 0 aliphatic carbocycles. The Balaban J connectivity index is 2.35. The first kappa shape index (κ1) is 14.0. The van der Waals surface area contributed by atoms with Gasteiger partial charge in [0, 0.05) is 4.75 Å². The Kier molecular flexibility index (Phi) is 7.02. The predicted octanol–water partition coefficient (Wildman–Crippen LogP) is 4.77. The first-order valence-corrected chi connectivity index (χ1v) is 7.68. The van der Waals surface area contributed by atoms with Crippen molar-refractivity contribution in [1.82, 2.24) is 0 Å². The molecule has 2 heteroatoms. The molecule has 16 heavy (non-hydrogen) atoms. The molecule has 0 aromatic carbocycles. The van der Waals surface area contributed by atoms with Crippen molar-refractivity contribution < 1.29 is 4.74 Å². The topological polar surface area (TPSA) is 9.23 Å². The van der Waals surface area contributed by atoms with Crippen molar-refractivity contribution in [2.24, 2.45) is 0 Å². The van der Waals surface area contributed by atoms with Crippen LogP contribution < -0.4 is 0 Å². The number of rotatable bonds is 6. The third-order valence-corrected chi connectivity index (χ3v) is 5.39. The van der Waals surface area contributed by atoms with Gasteiger partial charge in [-0.05, 0) is 37.9 Å². The van der Waals surface area contributed by atoms with Gasteiger partial charge in [0.15, 0.2) is 0 Å². The molecule has 94 valence electrons. The smallest absolute Gasteiger partial charge is 0.0873 e. The molecule has 1 aliphatic heterocycles. The van der Waals surface area contributed by atoms with Crippen LogP contribution in [0.3, 0.4) is 0 Å². The highest BCUT2D eigenvalue weighted by molar-refractivity contribution is 8.00. The van der Waals surface area contributed by atoms with E-state index >= 15 is 0 Å². The summed E-state index contributed by atoms with van der Waals surface area (Å²) in [6, 6.07) is 0. The predicted molar refractivity (Wildman–Crippen MR) is 73.9 cm³/mol. The van der Waals surface area contributed by atoms with E-state index in [0.29, 0.717) is 4.75 Å². The molecular weight excluding hydrogens is 216 g/mol. The van der Waals surface area contributed by atoms with E-state index in [9.17, 15) is 0 Å². The van der Waals surface area contributed by atoms with E-state index in [1.165, 1.54) is 57.1 Å². The summed E-state index contributed by atoms with van der Waals surface area (Å²) in [7, 11) is 0. The second-order valence-electron chi connectivity index (χ2n) is 4.69. The fraction of sp³-hybridized carbons (Fsp3) is 0.857. The molecule has 0 spiro atoms. The minimum atomic E-state index is 0.547. The summed E-state index contributed by atoms with van der Waals surface area (Å²) in [6.07, 6.45) is 12.5. The summed E-state index contributed by atoms with van der Waals surface area (Å²) in [6.45, 7) is 6.77. The van der Waals surface area contributed by atoms with Crippen LogP contribution in [-0.2, 0) is 4.74 Å². The molecule has 1 aliphatic rings. The zero-order chi connectivity index (χ0) is 11.7. The summed E-state index contributed by atoms with van der Waals surface area (Å²) < 4.78 is 5.77.